The second kappa shape index (κ2) is 7.39. The number of fused-ring (bicyclic) bond motifs is 4. The number of benzene rings is 3. The quantitative estimate of drug-likeness (QED) is 0.322. The Hall–Kier alpha value is -4.39. The van der Waals surface area contributed by atoms with E-state index < -0.39 is 29.6 Å². The number of aromatic hydroxyl groups is 1. The molecule has 158 valence electrons. The van der Waals surface area contributed by atoms with Crippen LogP contribution in [0.1, 0.15) is 23.5 Å². The molecular weight excluding hydrogens is 412 g/mol. The van der Waals surface area contributed by atoms with Gasteiger partial charge in [0.1, 0.15) is 16.9 Å². The van der Waals surface area contributed by atoms with Crippen LogP contribution < -0.4 is 11.3 Å². The van der Waals surface area contributed by atoms with Crippen molar-refractivity contribution in [2.24, 2.45) is 0 Å². The molecule has 0 saturated carbocycles. The van der Waals surface area contributed by atoms with Gasteiger partial charge in [0.2, 0.25) is 0 Å². The van der Waals surface area contributed by atoms with E-state index in [1.807, 2.05) is 18.2 Å². The van der Waals surface area contributed by atoms with E-state index >= 15 is 0 Å². The largest absolute Gasteiger partial charge is 0.507 e. The molecule has 2 aromatic heterocycles. The van der Waals surface area contributed by atoms with Crippen LogP contribution in [0.3, 0.4) is 0 Å². The van der Waals surface area contributed by atoms with Crippen molar-refractivity contribution >= 4 is 38.7 Å². The highest BCUT2D eigenvalue weighted by atomic mass is 16.4. The van der Waals surface area contributed by atoms with E-state index in [0.717, 1.165) is 5.39 Å². The molecule has 0 radical (unpaired) electrons. The average Bonchev–Trinajstić information content (AvgIpc) is 2.77. The number of carboxylic acid groups (broad SMARTS) is 1. The molecule has 5 aromatic rings. The fourth-order valence-corrected chi connectivity index (χ4v) is 4.20. The minimum Gasteiger partial charge on any atom is -0.507 e. The Kier molecular flexibility index (Phi) is 4.52. The van der Waals surface area contributed by atoms with Gasteiger partial charge in [0.15, 0.2) is 0 Å². The summed E-state index contributed by atoms with van der Waals surface area (Å²) in [5, 5.41) is 22.8. The standard InChI is InChI=1S/C25H16O7/c26-20(27)11-18(22-23(29)16-7-3-4-8-19(16)31-25(22)30)17-12-21(28)32-24-14-6-2-1-5-13(14)9-10-15(17)24/h1-10,12,18,29H,11H2,(H,26,27). The predicted molar refractivity (Wildman–Crippen MR) is 118 cm³/mol. The van der Waals surface area contributed by atoms with Crippen LogP contribution in [-0.2, 0) is 4.79 Å². The van der Waals surface area contributed by atoms with Gasteiger partial charge in [0.05, 0.1) is 17.4 Å². The van der Waals surface area contributed by atoms with Gasteiger partial charge in [0, 0.05) is 22.8 Å². The van der Waals surface area contributed by atoms with Gasteiger partial charge in [-0.1, -0.05) is 48.5 Å². The molecule has 2 N–H and O–H groups in total. The summed E-state index contributed by atoms with van der Waals surface area (Å²) >= 11 is 0. The highest BCUT2D eigenvalue weighted by Gasteiger charge is 2.29. The molecule has 1 unspecified atom stereocenters. The zero-order valence-electron chi connectivity index (χ0n) is 16.6. The molecule has 0 spiro atoms. The Morgan fingerprint density at radius 3 is 2.38 bits per heavy atom. The van der Waals surface area contributed by atoms with E-state index in [2.05, 4.69) is 0 Å². The summed E-state index contributed by atoms with van der Waals surface area (Å²) in [5.74, 6) is -2.71. The molecule has 0 aliphatic rings. The fourth-order valence-electron chi connectivity index (χ4n) is 4.20. The number of hydrogen-bond donors (Lipinski definition) is 2. The molecule has 0 bridgehead atoms. The minimum absolute atomic E-state index is 0.177. The lowest BCUT2D eigenvalue weighted by molar-refractivity contribution is -0.137. The van der Waals surface area contributed by atoms with Crippen molar-refractivity contribution in [3.8, 4) is 5.75 Å². The van der Waals surface area contributed by atoms with E-state index in [1.165, 1.54) is 12.1 Å². The first kappa shape index (κ1) is 19.6. The van der Waals surface area contributed by atoms with E-state index in [9.17, 15) is 24.6 Å². The van der Waals surface area contributed by atoms with Crippen LogP contribution in [0.5, 0.6) is 5.75 Å². The molecule has 3 aromatic carbocycles. The molecule has 32 heavy (non-hydrogen) atoms. The molecular formula is C25H16O7. The van der Waals surface area contributed by atoms with Gasteiger partial charge >= 0.3 is 17.2 Å². The Balaban J connectivity index is 1.87. The first-order valence-corrected chi connectivity index (χ1v) is 9.86. The smallest absolute Gasteiger partial charge is 0.343 e. The summed E-state index contributed by atoms with van der Waals surface area (Å²) in [7, 11) is 0. The summed E-state index contributed by atoms with van der Waals surface area (Å²) in [5.41, 5.74) is -1.05. The van der Waals surface area contributed by atoms with Gasteiger partial charge in [-0.25, -0.2) is 9.59 Å². The summed E-state index contributed by atoms with van der Waals surface area (Å²) in [6, 6.07) is 18.4. The third kappa shape index (κ3) is 3.11. The molecule has 0 fully saturated rings. The van der Waals surface area contributed by atoms with Crippen molar-refractivity contribution in [1.29, 1.82) is 0 Å². The van der Waals surface area contributed by atoms with Crippen LogP contribution in [-0.4, -0.2) is 16.2 Å². The maximum Gasteiger partial charge on any atom is 0.343 e. The normalized spacial score (nSPS) is 12.4. The molecule has 7 nitrogen and oxygen atoms in total. The van der Waals surface area contributed by atoms with Gasteiger partial charge in [0.25, 0.3) is 0 Å². The predicted octanol–water partition coefficient (Wildman–Crippen LogP) is 4.36. The molecule has 0 aliphatic carbocycles. The lowest BCUT2D eigenvalue weighted by Gasteiger charge is -2.18. The van der Waals surface area contributed by atoms with Crippen molar-refractivity contribution in [3.05, 3.63) is 98.7 Å². The topological polar surface area (TPSA) is 118 Å². The second-order valence-corrected chi connectivity index (χ2v) is 7.48. The molecule has 0 saturated heterocycles. The number of rotatable bonds is 4. The summed E-state index contributed by atoms with van der Waals surface area (Å²) in [6.07, 6.45) is -0.540. The molecule has 0 aliphatic heterocycles. The van der Waals surface area contributed by atoms with Crippen LogP contribution in [0, 0.1) is 0 Å². The first-order chi connectivity index (χ1) is 15.4. The summed E-state index contributed by atoms with van der Waals surface area (Å²) < 4.78 is 10.8. The van der Waals surface area contributed by atoms with Gasteiger partial charge in [-0.15, -0.1) is 0 Å². The van der Waals surface area contributed by atoms with Crippen molar-refractivity contribution in [2.75, 3.05) is 0 Å². The van der Waals surface area contributed by atoms with Crippen LogP contribution in [0.4, 0.5) is 0 Å². The highest BCUT2D eigenvalue weighted by molar-refractivity contribution is 6.05. The van der Waals surface area contributed by atoms with Crippen LogP contribution >= 0.6 is 0 Å². The lowest BCUT2D eigenvalue weighted by Crippen LogP contribution is -2.18. The molecule has 2 heterocycles. The van der Waals surface area contributed by atoms with Gasteiger partial charge in [-0.3, -0.25) is 4.79 Å². The number of carboxylic acids is 1. The third-order valence-electron chi connectivity index (χ3n) is 5.59. The SMILES string of the molecule is O=C(O)CC(c1c(O)c2ccccc2oc1=O)c1cc(=O)oc2c1ccc1ccccc12. The van der Waals surface area contributed by atoms with Gasteiger partial charge in [-0.05, 0) is 23.1 Å². The van der Waals surface area contributed by atoms with E-state index in [1.54, 1.807) is 36.4 Å². The molecule has 0 amide bonds. The number of carbonyl (C=O) groups is 1. The number of para-hydroxylation sites is 1. The van der Waals surface area contributed by atoms with E-state index in [0.29, 0.717) is 10.8 Å². The van der Waals surface area contributed by atoms with Crippen LogP contribution in [0.2, 0.25) is 0 Å². The Bertz CT molecular complexity index is 1640. The van der Waals surface area contributed by atoms with Crippen LogP contribution in [0.15, 0.2) is 85.2 Å². The zero-order chi connectivity index (χ0) is 22.4. The minimum atomic E-state index is -1.20. The molecule has 1 atom stereocenters. The van der Waals surface area contributed by atoms with Gasteiger partial charge in [-0.2, -0.15) is 0 Å². The Labute approximate surface area is 179 Å². The van der Waals surface area contributed by atoms with Crippen molar-refractivity contribution in [1.82, 2.24) is 0 Å². The van der Waals surface area contributed by atoms with Crippen LogP contribution in [0.25, 0.3) is 32.7 Å². The maximum absolute atomic E-state index is 12.9. The summed E-state index contributed by atoms with van der Waals surface area (Å²) in [6.45, 7) is 0. The fraction of sp³-hybridized carbons (Fsp3) is 0.0800. The monoisotopic (exact) mass is 428 g/mol. The second-order valence-electron chi connectivity index (χ2n) is 7.48. The third-order valence-corrected chi connectivity index (χ3v) is 5.59. The average molecular weight is 428 g/mol. The molecule has 5 rings (SSSR count). The van der Waals surface area contributed by atoms with Crippen molar-refractivity contribution in [3.63, 3.8) is 0 Å². The van der Waals surface area contributed by atoms with Crippen molar-refractivity contribution < 1.29 is 23.8 Å². The highest BCUT2D eigenvalue weighted by Crippen LogP contribution is 2.39. The lowest BCUT2D eigenvalue weighted by atomic mass is 9.86. The van der Waals surface area contributed by atoms with E-state index in [4.69, 9.17) is 8.83 Å². The number of aliphatic carboxylic acids is 1. The molecule has 7 heteroatoms. The number of hydrogen-bond acceptors (Lipinski definition) is 6. The zero-order valence-corrected chi connectivity index (χ0v) is 16.6. The first-order valence-electron chi connectivity index (χ1n) is 9.86. The Morgan fingerprint density at radius 1 is 0.875 bits per heavy atom. The Morgan fingerprint density at radius 2 is 1.59 bits per heavy atom. The maximum atomic E-state index is 12.9. The van der Waals surface area contributed by atoms with E-state index in [-0.39, 0.29) is 33.4 Å². The summed E-state index contributed by atoms with van der Waals surface area (Å²) in [4.78, 5) is 37.1. The van der Waals surface area contributed by atoms with Gasteiger partial charge < -0.3 is 19.0 Å². The van der Waals surface area contributed by atoms with Crippen molar-refractivity contribution in [2.45, 2.75) is 12.3 Å².